The van der Waals surface area contributed by atoms with Crippen LogP contribution in [0.1, 0.15) is 28.4 Å². The number of nitrogens with zero attached hydrogens (tertiary/aromatic N) is 1. The molecule has 84 valence electrons. The van der Waals surface area contributed by atoms with Crippen LogP contribution in [-0.4, -0.2) is 5.78 Å². The van der Waals surface area contributed by atoms with Gasteiger partial charge >= 0.3 is 6.18 Å². The average Bonchev–Trinajstić information content (AvgIpc) is 2.14. The summed E-state index contributed by atoms with van der Waals surface area (Å²) in [7, 11) is 0. The lowest BCUT2D eigenvalue weighted by molar-refractivity contribution is -0.138. The third kappa shape index (κ3) is 2.25. The second kappa shape index (κ2) is 4.26. The quantitative estimate of drug-likeness (QED) is 0.743. The number of hydrogen-bond acceptors (Lipinski definition) is 2. The largest absolute Gasteiger partial charge is 0.417 e. The monoisotopic (exact) mass is 291 g/mol. The maximum atomic E-state index is 12.5. The van der Waals surface area contributed by atoms with E-state index in [1.807, 2.05) is 0 Å². The van der Waals surface area contributed by atoms with E-state index in [4.69, 9.17) is 5.26 Å². The summed E-state index contributed by atoms with van der Waals surface area (Å²) >= 11 is 2.70. The molecule has 0 saturated heterocycles. The number of ketones is 1. The Hall–Kier alpha value is -1.35. The standard InChI is InChI=1S/C10H5BrF3NO/c1-5(16)6-2-3-8(10(12,13)14)9(11)7(6)4-15/h2-3H,1H3. The molecule has 0 N–H and O–H groups in total. The highest BCUT2D eigenvalue weighted by Crippen LogP contribution is 2.37. The molecular formula is C10H5BrF3NO. The molecule has 1 rings (SSSR count). The van der Waals surface area contributed by atoms with Gasteiger partial charge in [0.25, 0.3) is 0 Å². The molecule has 0 radical (unpaired) electrons. The molecule has 0 saturated carbocycles. The molecule has 0 amide bonds. The van der Waals surface area contributed by atoms with Crippen LogP contribution in [-0.2, 0) is 6.18 Å². The lowest BCUT2D eigenvalue weighted by atomic mass is 10.0. The Morgan fingerprint density at radius 3 is 2.38 bits per heavy atom. The van der Waals surface area contributed by atoms with Gasteiger partial charge in [-0.3, -0.25) is 4.79 Å². The lowest BCUT2D eigenvalue weighted by Crippen LogP contribution is -2.09. The fourth-order valence-electron chi connectivity index (χ4n) is 1.20. The second-order valence-electron chi connectivity index (χ2n) is 3.02. The zero-order valence-electron chi connectivity index (χ0n) is 8.02. The lowest BCUT2D eigenvalue weighted by Gasteiger charge is -2.11. The number of Topliss-reactive ketones (excluding diaryl/α,β-unsaturated/α-hetero) is 1. The topological polar surface area (TPSA) is 40.9 Å². The van der Waals surface area contributed by atoms with E-state index in [1.54, 1.807) is 6.07 Å². The maximum Gasteiger partial charge on any atom is 0.417 e. The molecule has 0 aliphatic heterocycles. The summed E-state index contributed by atoms with van der Waals surface area (Å²) in [5.41, 5.74) is -1.28. The molecule has 16 heavy (non-hydrogen) atoms. The van der Waals surface area contributed by atoms with E-state index >= 15 is 0 Å². The van der Waals surface area contributed by atoms with Crippen LogP contribution >= 0.6 is 15.9 Å². The Bertz CT molecular complexity index is 488. The average molecular weight is 292 g/mol. The summed E-state index contributed by atoms with van der Waals surface area (Å²) in [5, 5.41) is 8.74. The first-order valence-corrected chi connectivity index (χ1v) is 4.89. The molecule has 0 bridgehead atoms. The van der Waals surface area contributed by atoms with Crippen molar-refractivity contribution in [3.8, 4) is 6.07 Å². The van der Waals surface area contributed by atoms with E-state index in [-0.39, 0.29) is 11.1 Å². The summed E-state index contributed by atoms with van der Waals surface area (Å²) in [6, 6.07) is 3.38. The first-order valence-electron chi connectivity index (χ1n) is 4.09. The highest BCUT2D eigenvalue weighted by atomic mass is 79.9. The van der Waals surface area contributed by atoms with Gasteiger partial charge < -0.3 is 0 Å². The Labute approximate surface area is 97.8 Å². The number of alkyl halides is 3. The molecule has 0 fully saturated rings. The van der Waals surface area contributed by atoms with Crippen LogP contribution in [0.3, 0.4) is 0 Å². The van der Waals surface area contributed by atoms with Crippen molar-refractivity contribution in [1.82, 2.24) is 0 Å². The number of benzene rings is 1. The van der Waals surface area contributed by atoms with Crippen molar-refractivity contribution < 1.29 is 18.0 Å². The normalized spacial score (nSPS) is 11.0. The van der Waals surface area contributed by atoms with Gasteiger partial charge in [0.05, 0.1) is 11.1 Å². The summed E-state index contributed by atoms with van der Waals surface area (Å²) in [5.74, 6) is -0.453. The molecule has 1 aromatic carbocycles. The summed E-state index contributed by atoms with van der Waals surface area (Å²) < 4.78 is 37.0. The van der Waals surface area contributed by atoms with E-state index in [0.717, 1.165) is 12.1 Å². The van der Waals surface area contributed by atoms with Crippen LogP contribution in [0.15, 0.2) is 16.6 Å². The molecule has 0 aliphatic rings. The smallest absolute Gasteiger partial charge is 0.294 e. The van der Waals surface area contributed by atoms with Crippen LogP contribution < -0.4 is 0 Å². The molecule has 2 nitrogen and oxygen atoms in total. The third-order valence-electron chi connectivity index (χ3n) is 1.94. The minimum absolute atomic E-state index is 0.0256. The van der Waals surface area contributed by atoms with Crippen LogP contribution in [0.2, 0.25) is 0 Å². The molecule has 1 aromatic rings. The molecular weight excluding hydrogens is 287 g/mol. The van der Waals surface area contributed by atoms with Crippen molar-refractivity contribution in [1.29, 1.82) is 5.26 Å². The van der Waals surface area contributed by atoms with Crippen molar-refractivity contribution in [2.45, 2.75) is 13.1 Å². The first kappa shape index (κ1) is 12.7. The predicted molar refractivity (Wildman–Crippen MR) is 53.9 cm³/mol. The molecule has 0 spiro atoms. The second-order valence-corrected chi connectivity index (χ2v) is 3.81. The molecule has 0 atom stereocenters. The first-order chi connectivity index (χ1) is 7.29. The highest BCUT2D eigenvalue weighted by molar-refractivity contribution is 9.10. The van der Waals surface area contributed by atoms with Crippen molar-refractivity contribution in [2.24, 2.45) is 0 Å². The van der Waals surface area contributed by atoms with Gasteiger partial charge in [-0.1, -0.05) is 0 Å². The van der Waals surface area contributed by atoms with Crippen LogP contribution in [0.5, 0.6) is 0 Å². The molecule has 6 heteroatoms. The number of carbonyl (C=O) groups is 1. The van der Waals surface area contributed by atoms with Crippen molar-refractivity contribution in [3.63, 3.8) is 0 Å². The van der Waals surface area contributed by atoms with E-state index in [0.29, 0.717) is 0 Å². The van der Waals surface area contributed by atoms with Gasteiger partial charge in [-0.25, -0.2) is 0 Å². The summed E-state index contributed by atoms with van der Waals surface area (Å²) in [6.45, 7) is 1.19. The number of halogens is 4. The Balaban J connectivity index is 3.55. The Morgan fingerprint density at radius 1 is 1.44 bits per heavy atom. The molecule has 0 heterocycles. The summed E-state index contributed by atoms with van der Waals surface area (Å²) in [4.78, 5) is 11.1. The van der Waals surface area contributed by atoms with E-state index in [2.05, 4.69) is 15.9 Å². The zero-order valence-corrected chi connectivity index (χ0v) is 9.61. The number of rotatable bonds is 1. The molecule has 0 aromatic heterocycles. The van der Waals surface area contributed by atoms with Gasteiger partial charge in [-0.05, 0) is 35.0 Å². The number of nitriles is 1. The Morgan fingerprint density at radius 2 is 2.00 bits per heavy atom. The highest BCUT2D eigenvalue weighted by Gasteiger charge is 2.34. The van der Waals surface area contributed by atoms with Gasteiger partial charge in [-0.15, -0.1) is 0 Å². The van der Waals surface area contributed by atoms with Gasteiger partial charge in [0.2, 0.25) is 0 Å². The minimum Gasteiger partial charge on any atom is -0.294 e. The van der Waals surface area contributed by atoms with Crippen molar-refractivity contribution in [3.05, 3.63) is 33.3 Å². The van der Waals surface area contributed by atoms with E-state index in [9.17, 15) is 18.0 Å². The van der Waals surface area contributed by atoms with E-state index in [1.165, 1.54) is 6.92 Å². The van der Waals surface area contributed by atoms with Gasteiger partial charge in [0, 0.05) is 10.0 Å². The SMILES string of the molecule is CC(=O)c1ccc(C(F)(F)F)c(Br)c1C#N. The predicted octanol–water partition coefficient (Wildman–Crippen LogP) is 3.54. The number of hydrogen-bond donors (Lipinski definition) is 0. The fourth-order valence-corrected chi connectivity index (χ4v) is 1.86. The maximum absolute atomic E-state index is 12.5. The van der Waals surface area contributed by atoms with E-state index < -0.39 is 22.0 Å². The van der Waals surface area contributed by atoms with Gasteiger partial charge in [0.1, 0.15) is 6.07 Å². The zero-order chi connectivity index (χ0) is 12.5. The van der Waals surface area contributed by atoms with Crippen molar-refractivity contribution >= 4 is 21.7 Å². The minimum atomic E-state index is -4.56. The van der Waals surface area contributed by atoms with Crippen LogP contribution in [0.4, 0.5) is 13.2 Å². The third-order valence-corrected chi connectivity index (χ3v) is 2.76. The van der Waals surface area contributed by atoms with Gasteiger partial charge in [-0.2, -0.15) is 18.4 Å². The van der Waals surface area contributed by atoms with Gasteiger partial charge in [0.15, 0.2) is 5.78 Å². The molecule has 0 unspecified atom stereocenters. The number of carbonyl (C=O) groups excluding carboxylic acids is 1. The fraction of sp³-hybridized carbons (Fsp3) is 0.200. The Kier molecular flexibility index (Phi) is 3.38. The molecule has 0 aliphatic carbocycles. The van der Waals surface area contributed by atoms with Crippen LogP contribution in [0, 0.1) is 11.3 Å². The van der Waals surface area contributed by atoms with Crippen molar-refractivity contribution in [2.75, 3.05) is 0 Å². The summed E-state index contributed by atoms with van der Waals surface area (Å²) in [6.07, 6.45) is -4.56. The van der Waals surface area contributed by atoms with Crippen LogP contribution in [0.25, 0.3) is 0 Å².